The van der Waals surface area contributed by atoms with Crippen molar-refractivity contribution in [3.8, 4) is 0 Å². The number of aromatic nitrogens is 1. The molecule has 0 bridgehead atoms. The quantitative estimate of drug-likeness (QED) is 0.665. The van der Waals surface area contributed by atoms with Crippen LogP contribution in [0.3, 0.4) is 0 Å². The van der Waals surface area contributed by atoms with Gasteiger partial charge in [0.1, 0.15) is 5.69 Å². The molecule has 0 amide bonds. The molecule has 0 aromatic carbocycles. The maximum absolute atomic E-state index is 11.2. The van der Waals surface area contributed by atoms with Gasteiger partial charge in [-0.05, 0) is 42.0 Å². The summed E-state index contributed by atoms with van der Waals surface area (Å²) in [6.07, 6.45) is 1.79. The average Bonchev–Trinajstić information content (AvgIpc) is 2.34. The first-order valence-electron chi connectivity index (χ1n) is 3.67. The molecule has 12 heavy (non-hydrogen) atoms. The zero-order valence-electron chi connectivity index (χ0n) is 6.98. The molecule has 0 saturated heterocycles. The van der Waals surface area contributed by atoms with Crippen molar-refractivity contribution in [1.29, 1.82) is 0 Å². The van der Waals surface area contributed by atoms with Gasteiger partial charge in [0.2, 0.25) is 0 Å². The Kier molecular flexibility index (Phi) is 3.13. The molecule has 0 aliphatic heterocycles. The van der Waals surface area contributed by atoms with E-state index in [2.05, 4.69) is 27.6 Å². The van der Waals surface area contributed by atoms with E-state index in [9.17, 15) is 4.79 Å². The zero-order chi connectivity index (χ0) is 9.14. The predicted octanol–water partition coefficient (Wildman–Crippen LogP) is 2.10. The van der Waals surface area contributed by atoms with Gasteiger partial charge >= 0.3 is 5.97 Å². The van der Waals surface area contributed by atoms with Crippen molar-refractivity contribution >= 4 is 28.6 Å². The first-order chi connectivity index (χ1) is 5.66. The smallest absolute Gasteiger partial charge is 0.355 e. The SMILES string of the molecule is CCOC(=O)c1[nH]cc(I)c1C. The van der Waals surface area contributed by atoms with Gasteiger partial charge in [0.25, 0.3) is 0 Å². The van der Waals surface area contributed by atoms with Gasteiger partial charge in [-0.1, -0.05) is 0 Å². The fourth-order valence-electron chi connectivity index (χ4n) is 0.887. The minimum Gasteiger partial charge on any atom is -0.461 e. The molecule has 0 aliphatic carbocycles. The highest BCUT2D eigenvalue weighted by molar-refractivity contribution is 14.1. The molecule has 0 radical (unpaired) electrons. The van der Waals surface area contributed by atoms with Crippen molar-refractivity contribution in [3.05, 3.63) is 21.0 Å². The number of carbonyl (C=O) groups is 1. The molecule has 0 spiro atoms. The van der Waals surface area contributed by atoms with Crippen LogP contribution in [0, 0.1) is 10.5 Å². The minimum absolute atomic E-state index is 0.280. The largest absolute Gasteiger partial charge is 0.461 e. The number of hydrogen-bond donors (Lipinski definition) is 1. The lowest BCUT2D eigenvalue weighted by molar-refractivity contribution is 0.0519. The summed E-state index contributed by atoms with van der Waals surface area (Å²) >= 11 is 2.17. The Morgan fingerprint density at radius 3 is 2.83 bits per heavy atom. The van der Waals surface area contributed by atoms with Crippen LogP contribution in [-0.4, -0.2) is 17.6 Å². The summed E-state index contributed by atoms with van der Waals surface area (Å²) in [5.41, 5.74) is 1.51. The van der Waals surface area contributed by atoms with Crippen LogP contribution < -0.4 is 0 Å². The average molecular weight is 279 g/mol. The van der Waals surface area contributed by atoms with Crippen LogP contribution in [-0.2, 0) is 4.74 Å². The summed E-state index contributed by atoms with van der Waals surface area (Å²) in [5.74, 6) is -0.280. The lowest BCUT2D eigenvalue weighted by atomic mass is 10.3. The third kappa shape index (κ3) is 1.80. The Labute approximate surface area is 84.6 Å². The second kappa shape index (κ2) is 3.93. The van der Waals surface area contributed by atoms with Crippen LogP contribution in [0.15, 0.2) is 6.20 Å². The Hall–Kier alpha value is -0.520. The van der Waals surface area contributed by atoms with E-state index in [1.807, 2.05) is 6.92 Å². The number of aromatic amines is 1. The van der Waals surface area contributed by atoms with Crippen LogP contribution in [0.25, 0.3) is 0 Å². The number of nitrogens with one attached hydrogen (secondary N) is 1. The highest BCUT2D eigenvalue weighted by Crippen LogP contribution is 2.15. The number of hydrogen-bond acceptors (Lipinski definition) is 2. The predicted molar refractivity (Wildman–Crippen MR) is 54.2 cm³/mol. The number of carbonyl (C=O) groups excluding carboxylic acids is 1. The van der Waals surface area contributed by atoms with Gasteiger partial charge in [-0.25, -0.2) is 4.79 Å². The second-order valence-corrected chi connectivity index (χ2v) is 3.52. The third-order valence-corrected chi connectivity index (χ3v) is 2.68. The normalized spacial score (nSPS) is 9.92. The topological polar surface area (TPSA) is 42.1 Å². The number of ether oxygens (including phenoxy) is 1. The fourth-order valence-corrected chi connectivity index (χ4v) is 1.31. The molecule has 1 aromatic heterocycles. The maximum Gasteiger partial charge on any atom is 0.355 e. The summed E-state index contributed by atoms with van der Waals surface area (Å²) in [6.45, 7) is 4.10. The van der Waals surface area contributed by atoms with E-state index in [0.717, 1.165) is 9.13 Å². The molecular weight excluding hydrogens is 269 g/mol. The van der Waals surface area contributed by atoms with Gasteiger partial charge in [0.15, 0.2) is 0 Å². The Morgan fingerprint density at radius 2 is 2.42 bits per heavy atom. The lowest BCUT2D eigenvalue weighted by Gasteiger charge is -1.99. The number of rotatable bonds is 2. The van der Waals surface area contributed by atoms with Crippen molar-refractivity contribution in [1.82, 2.24) is 4.98 Å². The molecule has 0 saturated carbocycles. The molecule has 66 valence electrons. The van der Waals surface area contributed by atoms with Crippen molar-refractivity contribution in [3.63, 3.8) is 0 Å². The molecule has 0 unspecified atom stereocenters. The Bertz CT molecular complexity index is 293. The molecule has 1 rings (SSSR count). The first kappa shape index (κ1) is 9.57. The molecule has 0 aliphatic rings. The summed E-state index contributed by atoms with van der Waals surface area (Å²) in [5, 5.41) is 0. The number of H-pyrrole nitrogens is 1. The van der Waals surface area contributed by atoms with Gasteiger partial charge < -0.3 is 9.72 Å². The van der Waals surface area contributed by atoms with E-state index in [1.165, 1.54) is 0 Å². The molecule has 3 nitrogen and oxygen atoms in total. The third-order valence-electron chi connectivity index (χ3n) is 1.56. The molecule has 0 fully saturated rings. The first-order valence-corrected chi connectivity index (χ1v) is 4.75. The van der Waals surface area contributed by atoms with Gasteiger partial charge in [0.05, 0.1) is 6.61 Å². The van der Waals surface area contributed by atoms with Crippen molar-refractivity contribution in [2.45, 2.75) is 13.8 Å². The highest BCUT2D eigenvalue weighted by atomic mass is 127. The van der Waals surface area contributed by atoms with Crippen LogP contribution in [0.5, 0.6) is 0 Å². The summed E-state index contributed by atoms with van der Waals surface area (Å²) in [4.78, 5) is 14.1. The minimum atomic E-state index is -0.280. The van der Waals surface area contributed by atoms with Crippen LogP contribution in [0.1, 0.15) is 23.0 Å². The van der Waals surface area contributed by atoms with Crippen LogP contribution >= 0.6 is 22.6 Å². The van der Waals surface area contributed by atoms with Crippen molar-refractivity contribution in [2.75, 3.05) is 6.61 Å². The van der Waals surface area contributed by atoms with E-state index in [0.29, 0.717) is 12.3 Å². The molecule has 1 aromatic rings. The molecule has 1 heterocycles. The monoisotopic (exact) mass is 279 g/mol. The number of halogens is 1. The number of esters is 1. The fraction of sp³-hybridized carbons (Fsp3) is 0.375. The molecule has 1 N–H and O–H groups in total. The maximum atomic E-state index is 11.2. The van der Waals surface area contributed by atoms with E-state index in [1.54, 1.807) is 13.1 Å². The zero-order valence-corrected chi connectivity index (χ0v) is 9.14. The van der Waals surface area contributed by atoms with Crippen LogP contribution in [0.4, 0.5) is 0 Å². The van der Waals surface area contributed by atoms with E-state index in [4.69, 9.17) is 4.74 Å². The van der Waals surface area contributed by atoms with Gasteiger partial charge in [0, 0.05) is 9.77 Å². The van der Waals surface area contributed by atoms with Gasteiger partial charge in [-0.2, -0.15) is 0 Å². The van der Waals surface area contributed by atoms with E-state index < -0.39 is 0 Å². The van der Waals surface area contributed by atoms with Gasteiger partial charge in [-0.3, -0.25) is 0 Å². The summed E-state index contributed by atoms with van der Waals surface area (Å²) < 4.78 is 5.90. The Balaban J connectivity index is 2.88. The van der Waals surface area contributed by atoms with Crippen molar-refractivity contribution in [2.24, 2.45) is 0 Å². The Morgan fingerprint density at radius 1 is 1.75 bits per heavy atom. The molecule has 0 atom stereocenters. The van der Waals surface area contributed by atoms with Crippen molar-refractivity contribution < 1.29 is 9.53 Å². The van der Waals surface area contributed by atoms with E-state index in [-0.39, 0.29) is 5.97 Å². The van der Waals surface area contributed by atoms with Gasteiger partial charge in [-0.15, -0.1) is 0 Å². The summed E-state index contributed by atoms with van der Waals surface area (Å²) in [7, 11) is 0. The lowest BCUT2D eigenvalue weighted by Crippen LogP contribution is -2.06. The summed E-state index contributed by atoms with van der Waals surface area (Å²) in [6, 6.07) is 0. The van der Waals surface area contributed by atoms with E-state index >= 15 is 0 Å². The molecular formula is C8H10INO2. The molecule has 4 heteroatoms. The van der Waals surface area contributed by atoms with Crippen LogP contribution in [0.2, 0.25) is 0 Å². The highest BCUT2D eigenvalue weighted by Gasteiger charge is 2.13. The standard InChI is InChI=1S/C8H10INO2/c1-3-12-8(11)7-5(2)6(9)4-10-7/h4,10H,3H2,1-2H3. The second-order valence-electron chi connectivity index (χ2n) is 2.36.